The number of amides is 1. The molecule has 0 saturated heterocycles. The summed E-state index contributed by atoms with van der Waals surface area (Å²) in [6, 6.07) is 12.8. The Morgan fingerprint density at radius 1 is 1.17 bits per heavy atom. The van der Waals surface area contributed by atoms with Crippen molar-refractivity contribution in [1.29, 1.82) is 0 Å². The summed E-state index contributed by atoms with van der Waals surface area (Å²) in [5, 5.41) is 2.77. The van der Waals surface area contributed by atoms with Crippen molar-refractivity contribution in [2.75, 3.05) is 6.61 Å². The van der Waals surface area contributed by atoms with Crippen molar-refractivity contribution in [3.8, 4) is 0 Å². The average Bonchev–Trinajstić information content (AvgIpc) is 2.59. The minimum Gasteiger partial charge on any atom is -0.452 e. The summed E-state index contributed by atoms with van der Waals surface area (Å²) >= 11 is 0. The Kier molecular flexibility index (Phi) is 6.31. The molecule has 0 aliphatic carbocycles. The van der Waals surface area contributed by atoms with Gasteiger partial charge in [0.15, 0.2) is 6.61 Å². The largest absolute Gasteiger partial charge is 0.452 e. The molecule has 6 heteroatoms. The van der Waals surface area contributed by atoms with Gasteiger partial charge in [-0.15, -0.1) is 0 Å². The molecule has 1 amide bonds. The summed E-state index contributed by atoms with van der Waals surface area (Å²) in [5.74, 6) is -1.21. The van der Waals surface area contributed by atoms with Crippen LogP contribution in [0.2, 0.25) is 0 Å². The van der Waals surface area contributed by atoms with Crippen LogP contribution in [0.15, 0.2) is 53.5 Å². The van der Waals surface area contributed by atoms with Gasteiger partial charge in [-0.05, 0) is 37.5 Å². The van der Waals surface area contributed by atoms with Crippen molar-refractivity contribution >= 4 is 11.9 Å². The predicted octanol–water partition coefficient (Wildman–Crippen LogP) is 1.67. The fourth-order valence-corrected chi connectivity index (χ4v) is 2.21. The highest BCUT2D eigenvalue weighted by Gasteiger charge is 2.14. The molecule has 2 N–H and O–H groups in total. The molecule has 1 aromatic heterocycles. The topological polar surface area (TPSA) is 88.3 Å². The molecule has 0 unspecified atom stereocenters. The lowest BCUT2D eigenvalue weighted by atomic mass is 10.1. The van der Waals surface area contributed by atoms with Gasteiger partial charge in [0.1, 0.15) is 5.56 Å². The molecule has 1 atom stereocenters. The second-order valence-corrected chi connectivity index (χ2v) is 5.48. The fourth-order valence-electron chi connectivity index (χ4n) is 2.21. The molecular formula is C18H20N2O4. The zero-order chi connectivity index (χ0) is 17.4. The van der Waals surface area contributed by atoms with Gasteiger partial charge in [0.2, 0.25) is 0 Å². The zero-order valence-corrected chi connectivity index (χ0v) is 13.5. The molecule has 2 aromatic rings. The first-order chi connectivity index (χ1) is 11.6. The first kappa shape index (κ1) is 17.5. The van der Waals surface area contributed by atoms with Crippen LogP contribution in [0.25, 0.3) is 0 Å². The van der Waals surface area contributed by atoms with E-state index in [-0.39, 0.29) is 11.6 Å². The number of H-pyrrole nitrogens is 1. The number of hydrogen-bond acceptors (Lipinski definition) is 4. The lowest BCUT2D eigenvalue weighted by Gasteiger charge is -2.14. The normalized spacial score (nSPS) is 11.5. The van der Waals surface area contributed by atoms with E-state index in [4.69, 9.17) is 4.74 Å². The zero-order valence-electron chi connectivity index (χ0n) is 13.5. The summed E-state index contributed by atoms with van der Waals surface area (Å²) in [6.07, 6.45) is 3.05. The molecule has 24 heavy (non-hydrogen) atoms. The van der Waals surface area contributed by atoms with Gasteiger partial charge in [0.05, 0.1) is 0 Å². The van der Waals surface area contributed by atoms with Gasteiger partial charge in [-0.25, -0.2) is 4.79 Å². The Balaban J connectivity index is 1.73. The molecule has 0 bridgehead atoms. The second kappa shape index (κ2) is 8.67. The maximum absolute atomic E-state index is 11.8. The molecule has 0 aliphatic rings. The Labute approximate surface area is 139 Å². The number of hydrogen-bond donors (Lipinski definition) is 2. The standard InChI is InChI=1S/C18H20N2O4/c1-13(9-10-14-6-3-2-4-7-14)20-16(21)12-24-18(23)15-8-5-11-19-17(15)22/h2-8,11,13H,9-10,12H2,1H3,(H,19,22)(H,20,21)/t13-/m1/s1. The smallest absolute Gasteiger partial charge is 0.344 e. The lowest BCUT2D eigenvalue weighted by Crippen LogP contribution is -2.36. The third kappa shape index (κ3) is 5.39. The number of carbonyl (C=O) groups is 2. The van der Waals surface area contributed by atoms with Gasteiger partial charge in [0, 0.05) is 12.2 Å². The molecule has 1 heterocycles. The highest BCUT2D eigenvalue weighted by Crippen LogP contribution is 2.04. The fraction of sp³-hybridized carbons (Fsp3) is 0.278. The van der Waals surface area contributed by atoms with E-state index in [0.29, 0.717) is 0 Å². The predicted molar refractivity (Wildman–Crippen MR) is 89.7 cm³/mol. The number of benzene rings is 1. The number of nitrogens with one attached hydrogen (secondary N) is 2. The van der Waals surface area contributed by atoms with Crippen LogP contribution in [0.5, 0.6) is 0 Å². The van der Waals surface area contributed by atoms with Crippen LogP contribution in [-0.4, -0.2) is 29.5 Å². The van der Waals surface area contributed by atoms with E-state index in [9.17, 15) is 14.4 Å². The molecule has 126 valence electrons. The lowest BCUT2D eigenvalue weighted by molar-refractivity contribution is -0.124. The number of carbonyl (C=O) groups excluding carboxylic acids is 2. The van der Waals surface area contributed by atoms with E-state index in [1.165, 1.54) is 23.9 Å². The monoisotopic (exact) mass is 328 g/mol. The second-order valence-electron chi connectivity index (χ2n) is 5.48. The molecular weight excluding hydrogens is 308 g/mol. The molecule has 0 fully saturated rings. The first-order valence-electron chi connectivity index (χ1n) is 7.74. The van der Waals surface area contributed by atoms with E-state index >= 15 is 0 Å². The number of aryl methyl sites for hydroxylation is 1. The molecule has 6 nitrogen and oxygen atoms in total. The maximum Gasteiger partial charge on any atom is 0.344 e. The van der Waals surface area contributed by atoms with E-state index in [1.807, 2.05) is 37.3 Å². The van der Waals surface area contributed by atoms with Gasteiger partial charge >= 0.3 is 5.97 Å². The Bertz CT molecular complexity index is 740. The summed E-state index contributed by atoms with van der Waals surface area (Å²) in [5.41, 5.74) is 0.537. The van der Waals surface area contributed by atoms with Gasteiger partial charge in [-0.1, -0.05) is 30.3 Å². The summed E-state index contributed by atoms with van der Waals surface area (Å²) in [4.78, 5) is 37.4. The minimum absolute atomic E-state index is 0.0449. The van der Waals surface area contributed by atoms with E-state index in [0.717, 1.165) is 12.8 Å². The van der Waals surface area contributed by atoms with Gasteiger partial charge < -0.3 is 15.0 Å². The third-order valence-electron chi connectivity index (χ3n) is 3.49. The molecule has 0 aliphatic heterocycles. The van der Waals surface area contributed by atoms with Crippen molar-refractivity contribution in [3.05, 3.63) is 70.1 Å². The van der Waals surface area contributed by atoms with Gasteiger partial charge in [0.25, 0.3) is 11.5 Å². The number of aromatic amines is 1. The van der Waals surface area contributed by atoms with Crippen molar-refractivity contribution < 1.29 is 14.3 Å². The highest BCUT2D eigenvalue weighted by molar-refractivity contribution is 5.90. The van der Waals surface area contributed by atoms with Crippen LogP contribution < -0.4 is 10.9 Å². The van der Waals surface area contributed by atoms with Crippen molar-refractivity contribution in [1.82, 2.24) is 10.3 Å². The summed E-state index contributed by atoms with van der Waals surface area (Å²) in [7, 11) is 0. The van der Waals surface area contributed by atoms with Crippen LogP contribution in [0.1, 0.15) is 29.3 Å². The highest BCUT2D eigenvalue weighted by atomic mass is 16.5. The van der Waals surface area contributed by atoms with Crippen molar-refractivity contribution in [3.63, 3.8) is 0 Å². The average molecular weight is 328 g/mol. The quantitative estimate of drug-likeness (QED) is 0.757. The van der Waals surface area contributed by atoms with E-state index < -0.39 is 24.0 Å². The SMILES string of the molecule is C[C@H](CCc1ccccc1)NC(=O)COC(=O)c1ccc[nH]c1=O. The van der Waals surface area contributed by atoms with Crippen molar-refractivity contribution in [2.24, 2.45) is 0 Å². The number of ether oxygens (including phenoxy) is 1. The molecule has 0 spiro atoms. The van der Waals surface area contributed by atoms with Crippen LogP contribution in [0, 0.1) is 0 Å². The first-order valence-corrected chi connectivity index (χ1v) is 7.74. The number of rotatable bonds is 7. The van der Waals surface area contributed by atoms with Crippen LogP contribution in [0.4, 0.5) is 0 Å². The summed E-state index contributed by atoms with van der Waals surface area (Å²) in [6.45, 7) is 1.48. The van der Waals surface area contributed by atoms with Gasteiger partial charge in [-0.2, -0.15) is 0 Å². The minimum atomic E-state index is -0.816. The Morgan fingerprint density at radius 2 is 1.92 bits per heavy atom. The number of pyridine rings is 1. The number of aromatic nitrogens is 1. The van der Waals surface area contributed by atoms with Crippen LogP contribution >= 0.6 is 0 Å². The van der Waals surface area contributed by atoms with Crippen LogP contribution in [-0.2, 0) is 16.0 Å². The number of esters is 1. The Hall–Kier alpha value is -2.89. The molecule has 1 aromatic carbocycles. The van der Waals surface area contributed by atoms with Gasteiger partial charge in [-0.3, -0.25) is 9.59 Å². The Morgan fingerprint density at radius 3 is 2.62 bits per heavy atom. The van der Waals surface area contributed by atoms with Crippen molar-refractivity contribution in [2.45, 2.75) is 25.8 Å². The van der Waals surface area contributed by atoms with E-state index in [1.54, 1.807) is 0 Å². The third-order valence-corrected chi connectivity index (χ3v) is 3.49. The molecule has 2 rings (SSSR count). The molecule has 0 saturated carbocycles. The van der Waals surface area contributed by atoms with Crippen LogP contribution in [0.3, 0.4) is 0 Å². The summed E-state index contributed by atoms with van der Waals surface area (Å²) < 4.78 is 4.86. The van der Waals surface area contributed by atoms with E-state index in [2.05, 4.69) is 10.3 Å². The maximum atomic E-state index is 11.8. The molecule has 0 radical (unpaired) electrons.